The molecule has 4 aromatic rings. The minimum atomic E-state index is -0.251. The van der Waals surface area contributed by atoms with Crippen LogP contribution in [0.25, 0.3) is 33.4 Å². The fourth-order valence-electron chi connectivity index (χ4n) is 5.25. The van der Waals surface area contributed by atoms with Gasteiger partial charge in [-0.15, -0.1) is 11.8 Å². The Bertz CT molecular complexity index is 1420. The molecule has 2 aliphatic rings. The second-order valence-corrected chi connectivity index (χ2v) is 10.4. The molecule has 0 N–H and O–H groups in total. The highest BCUT2D eigenvalue weighted by Crippen LogP contribution is 2.38. The average Bonchev–Trinajstić information content (AvgIpc) is 3.43. The summed E-state index contributed by atoms with van der Waals surface area (Å²) in [4.78, 5) is 13.0. The summed E-state index contributed by atoms with van der Waals surface area (Å²) in [5.74, 6) is 0.542. The number of pyridine rings is 2. The van der Waals surface area contributed by atoms with Gasteiger partial charge in [-0.2, -0.15) is 5.10 Å². The number of halogens is 1. The molecule has 0 spiro atoms. The van der Waals surface area contributed by atoms with Gasteiger partial charge in [-0.3, -0.25) is 4.98 Å². The van der Waals surface area contributed by atoms with Crippen molar-refractivity contribution in [2.45, 2.75) is 43.4 Å². The molecular weight excluding hydrogens is 489 g/mol. The Morgan fingerprint density at radius 2 is 1.97 bits per heavy atom. The number of rotatable bonds is 5. The Morgan fingerprint density at radius 3 is 2.76 bits per heavy atom. The first-order valence-electron chi connectivity index (χ1n) is 12.8. The highest BCUT2D eigenvalue weighted by molar-refractivity contribution is 7.98. The molecule has 0 aliphatic carbocycles. The summed E-state index contributed by atoms with van der Waals surface area (Å²) >= 11 is 1.53. The molecule has 2 aliphatic heterocycles. The third-order valence-corrected chi connectivity index (χ3v) is 7.91. The fraction of sp³-hybridized carbons (Fsp3) is 0.393. The standard InChI is InChI=1S/C28H30FN5O2S/c1-18-17-35-14-12-33(18)25-16-22(20-7-6-19(37-2)15-23(20)29)21-8-10-30-28(27(21)32-25)24-9-11-31-34(24)26-5-3-4-13-36-26/h6-11,15-16,18,26H,3-5,12-14,17H2,1-2H3/t18-,26?/m1/s1. The first-order valence-corrected chi connectivity index (χ1v) is 14.0. The molecule has 5 heterocycles. The van der Waals surface area contributed by atoms with E-state index in [9.17, 15) is 0 Å². The molecule has 0 bridgehead atoms. The summed E-state index contributed by atoms with van der Waals surface area (Å²) in [6.45, 7) is 4.81. The van der Waals surface area contributed by atoms with Gasteiger partial charge in [0.25, 0.3) is 0 Å². The van der Waals surface area contributed by atoms with Crippen molar-refractivity contribution < 1.29 is 13.9 Å². The van der Waals surface area contributed by atoms with E-state index in [1.54, 1.807) is 18.5 Å². The topological polar surface area (TPSA) is 65.3 Å². The molecule has 0 radical (unpaired) electrons. The van der Waals surface area contributed by atoms with Crippen molar-refractivity contribution in [2.75, 3.05) is 37.5 Å². The molecule has 0 amide bonds. The Balaban J connectivity index is 1.57. The van der Waals surface area contributed by atoms with Crippen LogP contribution in [-0.2, 0) is 9.47 Å². The maximum absolute atomic E-state index is 15.5. The van der Waals surface area contributed by atoms with Crippen LogP contribution in [0.3, 0.4) is 0 Å². The molecule has 6 rings (SSSR count). The summed E-state index contributed by atoms with van der Waals surface area (Å²) in [7, 11) is 0. The van der Waals surface area contributed by atoms with Crippen molar-refractivity contribution in [3.8, 4) is 22.5 Å². The van der Waals surface area contributed by atoms with E-state index in [0.29, 0.717) is 24.5 Å². The Hall–Kier alpha value is -3.01. The first kappa shape index (κ1) is 24.3. The number of aromatic nitrogens is 4. The van der Waals surface area contributed by atoms with Gasteiger partial charge >= 0.3 is 0 Å². The van der Waals surface area contributed by atoms with Gasteiger partial charge in [-0.1, -0.05) is 6.07 Å². The zero-order chi connectivity index (χ0) is 25.4. The summed E-state index contributed by atoms with van der Waals surface area (Å²) in [5.41, 5.74) is 3.64. The number of morpholine rings is 1. The molecule has 1 unspecified atom stereocenters. The van der Waals surface area contributed by atoms with Crippen LogP contribution in [0, 0.1) is 5.82 Å². The van der Waals surface area contributed by atoms with E-state index in [4.69, 9.17) is 19.4 Å². The van der Waals surface area contributed by atoms with Crippen molar-refractivity contribution >= 4 is 28.5 Å². The van der Waals surface area contributed by atoms with Crippen LogP contribution in [0.15, 0.2) is 53.7 Å². The number of ether oxygens (including phenoxy) is 2. The van der Waals surface area contributed by atoms with E-state index in [1.165, 1.54) is 11.8 Å². The zero-order valence-electron chi connectivity index (χ0n) is 21.1. The SMILES string of the molecule is CSc1ccc(-c2cc(N3CCOC[C@H]3C)nc3c(-c4ccnn4C4CCCCO4)nccc23)c(F)c1. The predicted octanol–water partition coefficient (Wildman–Crippen LogP) is 5.95. The molecule has 3 aromatic heterocycles. The van der Waals surface area contributed by atoms with Gasteiger partial charge in [0.1, 0.15) is 22.8 Å². The summed E-state index contributed by atoms with van der Waals surface area (Å²) in [6, 6.07) is 11.5. The van der Waals surface area contributed by atoms with Crippen LogP contribution in [0.1, 0.15) is 32.4 Å². The van der Waals surface area contributed by atoms with Gasteiger partial charge in [0.2, 0.25) is 0 Å². The second kappa shape index (κ2) is 10.4. The van der Waals surface area contributed by atoms with E-state index < -0.39 is 0 Å². The van der Waals surface area contributed by atoms with Crippen molar-refractivity contribution in [3.05, 3.63) is 54.6 Å². The Kier molecular flexibility index (Phi) is 6.84. The van der Waals surface area contributed by atoms with Crippen LogP contribution in [-0.4, -0.2) is 58.4 Å². The highest BCUT2D eigenvalue weighted by Gasteiger charge is 2.26. The smallest absolute Gasteiger partial charge is 0.150 e. The maximum atomic E-state index is 15.5. The zero-order valence-corrected chi connectivity index (χ0v) is 21.9. The van der Waals surface area contributed by atoms with Crippen molar-refractivity contribution in [2.24, 2.45) is 0 Å². The Labute approximate surface area is 220 Å². The van der Waals surface area contributed by atoms with Crippen molar-refractivity contribution in [3.63, 3.8) is 0 Å². The lowest BCUT2D eigenvalue weighted by molar-refractivity contribution is -0.0383. The summed E-state index contributed by atoms with van der Waals surface area (Å²) < 4.78 is 29.1. The number of anilines is 1. The fourth-order valence-corrected chi connectivity index (χ4v) is 5.68. The monoisotopic (exact) mass is 519 g/mol. The van der Waals surface area contributed by atoms with E-state index in [2.05, 4.69) is 16.9 Å². The van der Waals surface area contributed by atoms with Crippen LogP contribution in [0.5, 0.6) is 0 Å². The van der Waals surface area contributed by atoms with Gasteiger partial charge < -0.3 is 14.4 Å². The average molecular weight is 520 g/mol. The Morgan fingerprint density at radius 1 is 1.05 bits per heavy atom. The number of thioether (sulfide) groups is 1. The lowest BCUT2D eigenvalue weighted by Gasteiger charge is -2.34. The third-order valence-electron chi connectivity index (χ3n) is 7.18. The molecule has 1 aromatic carbocycles. The van der Waals surface area contributed by atoms with Crippen molar-refractivity contribution in [1.29, 1.82) is 0 Å². The van der Waals surface area contributed by atoms with Gasteiger partial charge in [0.15, 0.2) is 6.23 Å². The quantitative estimate of drug-likeness (QED) is 0.302. The largest absolute Gasteiger partial charge is 0.377 e. The van der Waals surface area contributed by atoms with Gasteiger partial charge in [0.05, 0.1) is 24.9 Å². The van der Waals surface area contributed by atoms with E-state index in [1.807, 2.05) is 41.3 Å². The molecule has 37 heavy (non-hydrogen) atoms. The maximum Gasteiger partial charge on any atom is 0.150 e. The predicted molar refractivity (Wildman–Crippen MR) is 144 cm³/mol. The molecular formula is C28H30FN5O2S. The molecule has 192 valence electrons. The lowest BCUT2D eigenvalue weighted by atomic mass is 9.99. The van der Waals surface area contributed by atoms with Crippen LogP contribution < -0.4 is 4.90 Å². The van der Waals surface area contributed by atoms with Gasteiger partial charge in [-0.05, 0) is 68.3 Å². The molecule has 2 fully saturated rings. The number of fused-ring (bicyclic) bond motifs is 1. The van der Waals surface area contributed by atoms with Crippen LogP contribution >= 0.6 is 11.8 Å². The second-order valence-electron chi connectivity index (χ2n) is 9.53. The van der Waals surface area contributed by atoms with Crippen molar-refractivity contribution in [1.82, 2.24) is 19.7 Å². The number of nitrogens with zero attached hydrogens (tertiary/aromatic N) is 5. The summed E-state index contributed by atoms with van der Waals surface area (Å²) in [6.07, 6.45) is 8.43. The normalized spacial score (nSPS) is 20.5. The van der Waals surface area contributed by atoms with Gasteiger partial charge in [-0.25, -0.2) is 14.1 Å². The minimum absolute atomic E-state index is 0.130. The first-order chi connectivity index (χ1) is 18.1. The van der Waals surface area contributed by atoms with Crippen LogP contribution in [0.4, 0.5) is 10.2 Å². The van der Waals surface area contributed by atoms with E-state index >= 15 is 4.39 Å². The molecule has 2 atom stereocenters. The number of benzene rings is 1. The van der Waals surface area contributed by atoms with Crippen LogP contribution in [0.2, 0.25) is 0 Å². The molecule has 2 saturated heterocycles. The minimum Gasteiger partial charge on any atom is -0.377 e. The van der Waals surface area contributed by atoms with Gasteiger partial charge in [0, 0.05) is 41.4 Å². The van der Waals surface area contributed by atoms with E-state index in [0.717, 1.165) is 65.3 Å². The molecule has 0 saturated carbocycles. The number of hydrogen-bond acceptors (Lipinski definition) is 7. The third kappa shape index (κ3) is 4.60. The highest BCUT2D eigenvalue weighted by atomic mass is 32.2. The summed E-state index contributed by atoms with van der Waals surface area (Å²) in [5, 5.41) is 5.45. The number of hydrogen-bond donors (Lipinski definition) is 0. The van der Waals surface area contributed by atoms with E-state index in [-0.39, 0.29) is 18.1 Å². The molecule has 7 nitrogen and oxygen atoms in total. The lowest BCUT2D eigenvalue weighted by Crippen LogP contribution is -2.44. The molecule has 9 heteroatoms.